The SMILES string of the molecule is NOCc1csc(COc2ccccc2)n1. The molecule has 0 saturated heterocycles. The minimum atomic E-state index is 0.335. The molecule has 0 atom stereocenters. The zero-order valence-electron chi connectivity index (χ0n) is 8.63. The molecular weight excluding hydrogens is 224 g/mol. The fraction of sp³-hybridized carbons (Fsp3) is 0.182. The van der Waals surface area contributed by atoms with E-state index in [2.05, 4.69) is 9.82 Å². The molecule has 0 aliphatic heterocycles. The minimum Gasteiger partial charge on any atom is -0.486 e. The van der Waals surface area contributed by atoms with Crippen molar-refractivity contribution in [1.82, 2.24) is 4.98 Å². The molecule has 0 saturated carbocycles. The number of nitrogens with zero attached hydrogens (tertiary/aromatic N) is 1. The lowest BCUT2D eigenvalue weighted by molar-refractivity contribution is 0.121. The molecule has 0 aliphatic carbocycles. The van der Waals surface area contributed by atoms with Crippen LogP contribution >= 0.6 is 11.3 Å². The summed E-state index contributed by atoms with van der Waals surface area (Å²) in [5, 5.41) is 2.83. The van der Waals surface area contributed by atoms with Gasteiger partial charge in [-0.2, -0.15) is 0 Å². The highest BCUT2D eigenvalue weighted by molar-refractivity contribution is 7.09. The first-order valence-electron chi connectivity index (χ1n) is 4.81. The van der Waals surface area contributed by atoms with Crippen molar-refractivity contribution in [3.8, 4) is 5.75 Å². The summed E-state index contributed by atoms with van der Waals surface area (Å²) in [6.45, 7) is 0.807. The maximum Gasteiger partial charge on any atom is 0.140 e. The van der Waals surface area contributed by atoms with Crippen LogP contribution in [0.15, 0.2) is 35.7 Å². The number of hydrogen-bond donors (Lipinski definition) is 1. The second-order valence-electron chi connectivity index (χ2n) is 3.15. The van der Waals surface area contributed by atoms with Crippen molar-refractivity contribution >= 4 is 11.3 Å². The summed E-state index contributed by atoms with van der Waals surface area (Å²) in [5.74, 6) is 5.81. The maximum atomic E-state index is 5.56. The molecule has 1 aromatic heterocycles. The molecule has 0 spiro atoms. The first-order chi connectivity index (χ1) is 7.88. The highest BCUT2D eigenvalue weighted by Gasteiger charge is 2.02. The Hall–Kier alpha value is -1.43. The molecule has 2 rings (SSSR count). The number of rotatable bonds is 5. The quantitative estimate of drug-likeness (QED) is 0.808. The van der Waals surface area contributed by atoms with E-state index in [-0.39, 0.29) is 0 Å². The number of thiazole rings is 1. The second kappa shape index (κ2) is 5.60. The fourth-order valence-electron chi connectivity index (χ4n) is 1.23. The van der Waals surface area contributed by atoms with Gasteiger partial charge < -0.3 is 4.74 Å². The summed E-state index contributed by atoms with van der Waals surface area (Å²) in [7, 11) is 0. The first kappa shape index (κ1) is 11.1. The fourth-order valence-corrected chi connectivity index (χ4v) is 1.92. The summed E-state index contributed by atoms with van der Waals surface area (Å²) in [5.41, 5.74) is 0.833. The third-order valence-corrected chi connectivity index (χ3v) is 2.81. The van der Waals surface area contributed by atoms with E-state index in [0.717, 1.165) is 16.5 Å². The lowest BCUT2D eigenvalue weighted by atomic mass is 10.3. The van der Waals surface area contributed by atoms with Crippen molar-refractivity contribution in [2.45, 2.75) is 13.2 Å². The van der Waals surface area contributed by atoms with Crippen LogP contribution in [0.2, 0.25) is 0 Å². The summed E-state index contributed by atoms with van der Waals surface area (Å²) >= 11 is 1.54. The predicted octanol–water partition coefficient (Wildman–Crippen LogP) is 2.11. The van der Waals surface area contributed by atoms with Crippen LogP contribution in [0.4, 0.5) is 0 Å². The van der Waals surface area contributed by atoms with Crippen LogP contribution in [0.25, 0.3) is 0 Å². The van der Waals surface area contributed by atoms with Crippen LogP contribution in [0.5, 0.6) is 5.75 Å². The molecule has 84 valence electrons. The zero-order chi connectivity index (χ0) is 11.2. The Morgan fingerprint density at radius 2 is 2.00 bits per heavy atom. The van der Waals surface area contributed by atoms with Crippen molar-refractivity contribution < 1.29 is 9.57 Å². The lowest BCUT2D eigenvalue weighted by Crippen LogP contribution is -2.00. The van der Waals surface area contributed by atoms with E-state index < -0.39 is 0 Å². The van der Waals surface area contributed by atoms with Gasteiger partial charge in [-0.1, -0.05) is 18.2 Å². The minimum absolute atomic E-state index is 0.335. The second-order valence-corrected chi connectivity index (χ2v) is 4.09. The molecule has 4 nitrogen and oxygen atoms in total. The Kier molecular flexibility index (Phi) is 3.87. The Morgan fingerprint density at radius 1 is 1.19 bits per heavy atom. The van der Waals surface area contributed by atoms with Gasteiger partial charge in [-0.3, -0.25) is 4.84 Å². The van der Waals surface area contributed by atoms with E-state index >= 15 is 0 Å². The van der Waals surface area contributed by atoms with Gasteiger partial charge in [0.15, 0.2) is 0 Å². The van der Waals surface area contributed by atoms with E-state index in [9.17, 15) is 0 Å². The van der Waals surface area contributed by atoms with Crippen molar-refractivity contribution in [2.75, 3.05) is 0 Å². The van der Waals surface area contributed by atoms with Gasteiger partial charge in [0.2, 0.25) is 0 Å². The summed E-state index contributed by atoms with van der Waals surface area (Å²) in [4.78, 5) is 8.81. The Morgan fingerprint density at radius 3 is 2.75 bits per heavy atom. The summed E-state index contributed by atoms with van der Waals surface area (Å²) in [6, 6.07) is 9.65. The lowest BCUT2D eigenvalue weighted by Gasteiger charge is -2.02. The molecule has 1 aromatic carbocycles. The molecule has 0 bridgehead atoms. The van der Waals surface area contributed by atoms with Gasteiger partial charge in [0.1, 0.15) is 24.0 Å². The molecule has 0 aliphatic rings. The van der Waals surface area contributed by atoms with Gasteiger partial charge in [0.25, 0.3) is 0 Å². The number of benzene rings is 1. The van der Waals surface area contributed by atoms with E-state index in [0.29, 0.717) is 13.2 Å². The number of ether oxygens (including phenoxy) is 1. The number of nitrogens with two attached hydrogens (primary N) is 1. The Labute approximate surface area is 97.6 Å². The Balaban J connectivity index is 1.89. The van der Waals surface area contributed by atoms with Crippen molar-refractivity contribution in [2.24, 2.45) is 5.90 Å². The van der Waals surface area contributed by atoms with Gasteiger partial charge in [-0.15, -0.1) is 11.3 Å². The van der Waals surface area contributed by atoms with Gasteiger partial charge in [0, 0.05) is 5.38 Å². The Bertz CT molecular complexity index is 431. The molecule has 0 radical (unpaired) electrons. The summed E-state index contributed by atoms with van der Waals surface area (Å²) in [6.07, 6.45) is 0. The molecule has 16 heavy (non-hydrogen) atoms. The number of para-hydroxylation sites is 1. The summed E-state index contributed by atoms with van der Waals surface area (Å²) < 4.78 is 5.56. The van der Waals surface area contributed by atoms with Crippen LogP contribution in [-0.2, 0) is 18.1 Å². The topological polar surface area (TPSA) is 57.4 Å². The maximum absolute atomic E-state index is 5.56. The molecule has 2 aromatic rings. The van der Waals surface area contributed by atoms with Gasteiger partial charge in [-0.05, 0) is 12.1 Å². The van der Waals surface area contributed by atoms with E-state index in [1.807, 2.05) is 35.7 Å². The van der Waals surface area contributed by atoms with Crippen LogP contribution in [0, 0.1) is 0 Å². The number of hydrogen-bond acceptors (Lipinski definition) is 5. The van der Waals surface area contributed by atoms with Crippen LogP contribution in [-0.4, -0.2) is 4.98 Å². The van der Waals surface area contributed by atoms with Gasteiger partial charge in [-0.25, -0.2) is 10.9 Å². The number of aromatic nitrogens is 1. The average Bonchev–Trinajstić information content (AvgIpc) is 2.76. The smallest absolute Gasteiger partial charge is 0.140 e. The molecule has 2 N–H and O–H groups in total. The van der Waals surface area contributed by atoms with Crippen LogP contribution < -0.4 is 10.6 Å². The average molecular weight is 236 g/mol. The van der Waals surface area contributed by atoms with E-state index in [1.165, 1.54) is 11.3 Å². The van der Waals surface area contributed by atoms with Crippen LogP contribution in [0.3, 0.4) is 0 Å². The van der Waals surface area contributed by atoms with E-state index in [1.54, 1.807) is 0 Å². The van der Waals surface area contributed by atoms with Crippen molar-refractivity contribution in [3.63, 3.8) is 0 Å². The van der Waals surface area contributed by atoms with E-state index in [4.69, 9.17) is 10.6 Å². The molecule has 5 heteroatoms. The molecular formula is C11H12N2O2S. The largest absolute Gasteiger partial charge is 0.486 e. The molecule has 0 unspecified atom stereocenters. The zero-order valence-corrected chi connectivity index (χ0v) is 9.44. The first-order valence-corrected chi connectivity index (χ1v) is 5.69. The third-order valence-electron chi connectivity index (χ3n) is 1.94. The third kappa shape index (κ3) is 3.03. The van der Waals surface area contributed by atoms with Crippen LogP contribution in [0.1, 0.15) is 10.7 Å². The van der Waals surface area contributed by atoms with Crippen molar-refractivity contribution in [1.29, 1.82) is 0 Å². The molecule has 0 amide bonds. The molecule has 1 heterocycles. The monoisotopic (exact) mass is 236 g/mol. The standard InChI is InChI=1S/C11H12N2O2S/c12-15-6-9-8-16-11(13-9)7-14-10-4-2-1-3-5-10/h1-5,8H,6-7,12H2. The van der Waals surface area contributed by atoms with Gasteiger partial charge >= 0.3 is 0 Å². The highest BCUT2D eigenvalue weighted by atomic mass is 32.1. The van der Waals surface area contributed by atoms with Crippen molar-refractivity contribution in [3.05, 3.63) is 46.4 Å². The molecule has 0 fully saturated rings. The predicted molar refractivity (Wildman–Crippen MR) is 61.9 cm³/mol. The van der Waals surface area contributed by atoms with Gasteiger partial charge in [0.05, 0.1) is 5.69 Å². The highest BCUT2D eigenvalue weighted by Crippen LogP contribution is 2.15. The normalized spacial score (nSPS) is 10.3.